The van der Waals surface area contributed by atoms with Gasteiger partial charge in [-0.25, -0.2) is 4.98 Å². The number of fused-ring (bicyclic) bond motifs is 2. The van der Waals surface area contributed by atoms with Crippen LogP contribution < -0.4 is 9.64 Å². The summed E-state index contributed by atoms with van der Waals surface area (Å²) in [7, 11) is 0. The van der Waals surface area contributed by atoms with Crippen molar-refractivity contribution in [1.82, 2.24) is 9.97 Å². The third kappa shape index (κ3) is 3.36. The lowest BCUT2D eigenvalue weighted by Crippen LogP contribution is -2.23. The van der Waals surface area contributed by atoms with Crippen LogP contribution in [0.4, 0.5) is 11.6 Å². The van der Waals surface area contributed by atoms with Gasteiger partial charge in [0, 0.05) is 19.8 Å². The molecule has 1 aromatic heterocycles. The number of nitrogens with zero attached hydrogens (tertiary/aromatic N) is 2. The first-order valence-electron chi connectivity index (χ1n) is 8.78. The van der Waals surface area contributed by atoms with Crippen molar-refractivity contribution in [2.24, 2.45) is 0 Å². The fourth-order valence-corrected chi connectivity index (χ4v) is 3.39. The second-order valence-corrected chi connectivity index (χ2v) is 6.60. The van der Waals surface area contributed by atoms with E-state index >= 15 is 0 Å². The average Bonchev–Trinajstić information content (AvgIpc) is 3.22. The van der Waals surface area contributed by atoms with Crippen LogP contribution in [0.5, 0.6) is 5.75 Å². The van der Waals surface area contributed by atoms with Crippen LogP contribution in [-0.4, -0.2) is 33.1 Å². The van der Waals surface area contributed by atoms with Gasteiger partial charge in [-0.3, -0.25) is 14.5 Å². The number of aromatic nitrogens is 2. The summed E-state index contributed by atoms with van der Waals surface area (Å²) >= 11 is 0. The van der Waals surface area contributed by atoms with Crippen LogP contribution in [0.1, 0.15) is 25.3 Å². The number of carbonyl (C=O) groups is 2. The van der Waals surface area contributed by atoms with Crippen molar-refractivity contribution in [3.05, 3.63) is 48.0 Å². The van der Waals surface area contributed by atoms with Crippen molar-refractivity contribution in [2.75, 3.05) is 4.90 Å². The number of carboxylic acid groups (broad SMARTS) is 1. The second-order valence-electron chi connectivity index (χ2n) is 6.60. The zero-order valence-electron chi connectivity index (χ0n) is 14.8. The molecule has 0 fully saturated rings. The van der Waals surface area contributed by atoms with E-state index < -0.39 is 5.97 Å². The highest BCUT2D eigenvalue weighted by molar-refractivity contribution is 5.98. The first-order chi connectivity index (χ1) is 13.0. The molecule has 4 rings (SSSR count). The highest BCUT2D eigenvalue weighted by atomic mass is 16.5. The number of imidazole rings is 1. The van der Waals surface area contributed by atoms with Crippen LogP contribution in [0.15, 0.2) is 42.5 Å². The number of hydrogen-bond donors (Lipinski definition) is 2. The van der Waals surface area contributed by atoms with E-state index in [1.54, 1.807) is 0 Å². The van der Waals surface area contributed by atoms with Crippen molar-refractivity contribution in [3.8, 4) is 5.75 Å². The molecule has 0 saturated carbocycles. The maximum atomic E-state index is 12.3. The molecule has 0 spiro atoms. The predicted octanol–water partition coefficient (Wildman–Crippen LogP) is 3.42. The van der Waals surface area contributed by atoms with E-state index in [-0.39, 0.29) is 18.4 Å². The number of benzene rings is 2. The Balaban J connectivity index is 1.63. The largest absolute Gasteiger partial charge is 0.490 e. The lowest BCUT2D eigenvalue weighted by atomic mass is 10.1. The van der Waals surface area contributed by atoms with Crippen molar-refractivity contribution in [1.29, 1.82) is 0 Å². The fraction of sp³-hybridized carbons (Fsp3) is 0.250. The quantitative estimate of drug-likeness (QED) is 0.722. The molecule has 3 aromatic rings. The molecule has 138 valence electrons. The molecule has 1 aliphatic rings. The molecule has 2 heterocycles. The van der Waals surface area contributed by atoms with Crippen molar-refractivity contribution in [2.45, 2.75) is 32.3 Å². The maximum absolute atomic E-state index is 12.3. The molecule has 27 heavy (non-hydrogen) atoms. The fourth-order valence-electron chi connectivity index (χ4n) is 3.39. The molecule has 2 aromatic carbocycles. The average molecular weight is 365 g/mol. The third-order valence-electron chi connectivity index (χ3n) is 4.63. The molecule has 0 radical (unpaired) electrons. The number of aliphatic carboxylic acids is 1. The Morgan fingerprint density at radius 2 is 2.11 bits per heavy atom. The number of ether oxygens (including phenoxy) is 1. The highest BCUT2D eigenvalue weighted by Crippen LogP contribution is 2.35. The topological polar surface area (TPSA) is 95.5 Å². The van der Waals surface area contributed by atoms with Gasteiger partial charge in [0.15, 0.2) is 0 Å². The number of hydrogen-bond acceptors (Lipinski definition) is 4. The Kier molecular flexibility index (Phi) is 4.27. The molecular weight excluding hydrogens is 346 g/mol. The van der Waals surface area contributed by atoms with Crippen LogP contribution in [-0.2, 0) is 16.0 Å². The van der Waals surface area contributed by atoms with Gasteiger partial charge < -0.3 is 14.8 Å². The first-order valence-corrected chi connectivity index (χ1v) is 8.78. The van der Waals surface area contributed by atoms with Gasteiger partial charge in [-0.15, -0.1) is 0 Å². The highest BCUT2D eigenvalue weighted by Gasteiger charge is 2.26. The van der Waals surface area contributed by atoms with Crippen LogP contribution in [0, 0.1) is 0 Å². The smallest absolute Gasteiger partial charge is 0.303 e. The summed E-state index contributed by atoms with van der Waals surface area (Å²) in [5, 5.41) is 8.84. The molecule has 7 heteroatoms. The van der Waals surface area contributed by atoms with Gasteiger partial charge >= 0.3 is 5.97 Å². The van der Waals surface area contributed by atoms with Crippen LogP contribution in [0.2, 0.25) is 0 Å². The number of carboxylic acids is 1. The van der Waals surface area contributed by atoms with E-state index in [1.807, 2.05) is 42.5 Å². The number of rotatable bonds is 5. The number of para-hydroxylation sites is 2. The van der Waals surface area contributed by atoms with Gasteiger partial charge in [0.25, 0.3) is 0 Å². The number of amides is 1. The first kappa shape index (κ1) is 17.1. The Morgan fingerprint density at radius 3 is 2.85 bits per heavy atom. The van der Waals surface area contributed by atoms with Gasteiger partial charge in [-0.1, -0.05) is 12.1 Å². The van der Waals surface area contributed by atoms with Crippen LogP contribution >= 0.6 is 0 Å². The molecule has 1 unspecified atom stereocenters. The summed E-state index contributed by atoms with van der Waals surface area (Å²) in [6.07, 6.45) is 1.01. The zero-order chi connectivity index (χ0) is 19.0. The lowest BCUT2D eigenvalue weighted by molar-refractivity contribution is -0.137. The van der Waals surface area contributed by atoms with Crippen molar-refractivity contribution in [3.63, 3.8) is 0 Å². The van der Waals surface area contributed by atoms with E-state index in [2.05, 4.69) is 9.97 Å². The van der Waals surface area contributed by atoms with E-state index in [4.69, 9.17) is 9.84 Å². The number of nitrogens with one attached hydrogen (secondary N) is 1. The minimum Gasteiger partial charge on any atom is -0.490 e. The molecule has 7 nitrogen and oxygen atoms in total. The minimum atomic E-state index is -0.831. The molecule has 0 bridgehead atoms. The number of H-pyrrole nitrogens is 1. The summed E-state index contributed by atoms with van der Waals surface area (Å²) in [6, 6.07) is 13.1. The zero-order valence-corrected chi connectivity index (χ0v) is 14.8. The maximum Gasteiger partial charge on any atom is 0.303 e. The minimum absolute atomic E-state index is 0.0735. The van der Waals surface area contributed by atoms with Gasteiger partial charge in [-0.05, 0) is 42.3 Å². The Morgan fingerprint density at radius 1 is 1.30 bits per heavy atom. The van der Waals surface area contributed by atoms with E-state index in [9.17, 15) is 9.59 Å². The summed E-state index contributed by atoms with van der Waals surface area (Å²) in [5.41, 5.74) is 3.31. The van der Waals surface area contributed by atoms with Gasteiger partial charge in [-0.2, -0.15) is 0 Å². The number of aromatic amines is 1. The van der Waals surface area contributed by atoms with E-state index in [0.29, 0.717) is 24.5 Å². The number of anilines is 2. The summed E-state index contributed by atoms with van der Waals surface area (Å²) in [5.74, 6) is 0.213. The monoisotopic (exact) mass is 365 g/mol. The van der Waals surface area contributed by atoms with Crippen LogP contribution in [0.3, 0.4) is 0 Å². The number of carbonyl (C=O) groups excluding carboxylic acids is 1. The van der Waals surface area contributed by atoms with Gasteiger partial charge in [0.1, 0.15) is 11.9 Å². The summed E-state index contributed by atoms with van der Waals surface area (Å²) < 4.78 is 5.82. The Labute approximate surface area is 155 Å². The summed E-state index contributed by atoms with van der Waals surface area (Å²) in [4.78, 5) is 32.3. The van der Waals surface area contributed by atoms with Crippen molar-refractivity contribution >= 4 is 34.5 Å². The summed E-state index contributed by atoms with van der Waals surface area (Å²) in [6.45, 7) is 1.49. The van der Waals surface area contributed by atoms with E-state index in [0.717, 1.165) is 22.3 Å². The normalized spacial score (nSPS) is 15.4. The second kappa shape index (κ2) is 6.75. The Hall–Kier alpha value is -3.35. The molecule has 2 N–H and O–H groups in total. The molecule has 1 aliphatic heterocycles. The predicted molar refractivity (Wildman–Crippen MR) is 100 cm³/mol. The van der Waals surface area contributed by atoms with Crippen molar-refractivity contribution < 1.29 is 19.4 Å². The molecule has 1 atom stereocenters. The van der Waals surface area contributed by atoms with E-state index in [1.165, 1.54) is 11.8 Å². The third-order valence-corrected chi connectivity index (χ3v) is 4.63. The van der Waals surface area contributed by atoms with Crippen LogP contribution in [0.25, 0.3) is 11.0 Å². The standard InChI is InChI=1S/C20H19N3O4/c1-12(24)23(20-21-16-4-2-3-5-17(16)22-20)14-6-8-18-13(10-14)11-15(27-18)7-9-19(25)26/h2-6,8,10,15H,7,9,11H2,1H3,(H,21,22)(H,25,26). The van der Waals surface area contributed by atoms with Gasteiger partial charge in [0.2, 0.25) is 11.9 Å². The lowest BCUT2D eigenvalue weighted by Gasteiger charge is -2.18. The Bertz CT molecular complexity index is 994. The SMILES string of the molecule is CC(=O)N(c1ccc2c(c1)CC(CCC(=O)O)O2)c1nc2ccccc2[nH]1. The molecule has 0 saturated heterocycles. The molecule has 0 aliphatic carbocycles. The van der Waals surface area contributed by atoms with Gasteiger partial charge in [0.05, 0.1) is 16.7 Å². The molecule has 1 amide bonds. The molecular formula is C20H19N3O4.